The Hall–Kier alpha value is -8.34. The number of hydrogen-bond donors (Lipinski definition) is 0. The number of para-hydroxylation sites is 7. The summed E-state index contributed by atoms with van der Waals surface area (Å²) in [6.45, 7) is 0. The average Bonchev–Trinajstić information content (AvgIpc) is 4.10. The molecule has 0 saturated heterocycles. The summed E-state index contributed by atoms with van der Waals surface area (Å²) >= 11 is 0. The Kier molecular flexibility index (Phi) is 7.48. The summed E-state index contributed by atoms with van der Waals surface area (Å²) in [6.07, 6.45) is 9.16. The third-order valence-electron chi connectivity index (χ3n) is 14.0. The molecule has 1 aliphatic heterocycles. The molecular formula is C60H40N4. The SMILES string of the molecule is C1=CC2c3cccc(-n4c5ccccc5c5ccccc54)c3N(c3ccc(-c4ccc(-n5c6ccccc6c6cccc(-n7c8ccccc8c8ccccc87)c65)cc4)cc3)C2C=C1. The summed E-state index contributed by atoms with van der Waals surface area (Å²) < 4.78 is 7.38. The molecule has 2 aliphatic rings. The van der Waals surface area contributed by atoms with Crippen LogP contribution in [0.3, 0.4) is 0 Å². The summed E-state index contributed by atoms with van der Waals surface area (Å²) in [4.78, 5) is 2.57. The van der Waals surface area contributed by atoms with Crippen LogP contribution in [0.2, 0.25) is 0 Å². The van der Waals surface area contributed by atoms with Crippen LogP contribution >= 0.6 is 0 Å². The number of rotatable bonds is 5. The molecule has 1 aliphatic carbocycles. The molecule has 2 unspecified atom stereocenters. The Bertz CT molecular complexity index is 3800. The van der Waals surface area contributed by atoms with Crippen LogP contribution in [-0.2, 0) is 0 Å². The third kappa shape index (κ3) is 4.93. The second-order valence-electron chi connectivity index (χ2n) is 17.2. The average molecular weight is 817 g/mol. The molecule has 3 aromatic heterocycles. The minimum absolute atomic E-state index is 0.179. The number of benzene rings is 9. The number of allylic oxidation sites excluding steroid dienone is 2. The van der Waals surface area contributed by atoms with Crippen molar-refractivity contribution in [1.29, 1.82) is 0 Å². The van der Waals surface area contributed by atoms with Gasteiger partial charge in [0.25, 0.3) is 0 Å². The Morgan fingerprint density at radius 3 is 1.30 bits per heavy atom. The topological polar surface area (TPSA) is 18.0 Å². The van der Waals surface area contributed by atoms with Crippen LogP contribution in [-0.4, -0.2) is 19.7 Å². The van der Waals surface area contributed by atoms with Crippen LogP contribution in [0.25, 0.3) is 93.6 Å². The molecule has 4 heterocycles. The molecule has 4 nitrogen and oxygen atoms in total. The predicted octanol–water partition coefficient (Wildman–Crippen LogP) is 15.4. The lowest BCUT2D eigenvalue weighted by molar-refractivity contribution is 0.744. The molecule has 9 aromatic carbocycles. The van der Waals surface area contributed by atoms with Gasteiger partial charge in [-0.1, -0.05) is 164 Å². The highest BCUT2D eigenvalue weighted by molar-refractivity contribution is 6.15. The number of nitrogens with zero attached hydrogens (tertiary/aromatic N) is 4. The minimum Gasteiger partial charge on any atom is -0.332 e. The Labute approximate surface area is 370 Å². The minimum atomic E-state index is 0.179. The quantitative estimate of drug-likeness (QED) is 0.169. The van der Waals surface area contributed by atoms with Crippen molar-refractivity contribution >= 4 is 76.8 Å². The molecule has 0 bridgehead atoms. The van der Waals surface area contributed by atoms with E-state index in [2.05, 4.69) is 249 Å². The maximum absolute atomic E-state index is 2.57. The van der Waals surface area contributed by atoms with Crippen molar-refractivity contribution in [3.63, 3.8) is 0 Å². The van der Waals surface area contributed by atoms with Crippen LogP contribution in [0.15, 0.2) is 231 Å². The van der Waals surface area contributed by atoms with Gasteiger partial charge in [0.2, 0.25) is 0 Å². The third-order valence-corrected chi connectivity index (χ3v) is 14.0. The largest absolute Gasteiger partial charge is 0.332 e. The van der Waals surface area contributed by atoms with Crippen LogP contribution in [0.1, 0.15) is 11.5 Å². The molecule has 0 amide bonds. The van der Waals surface area contributed by atoms with Crippen molar-refractivity contribution in [2.45, 2.75) is 12.0 Å². The van der Waals surface area contributed by atoms with Crippen LogP contribution in [0.4, 0.5) is 11.4 Å². The first-order valence-electron chi connectivity index (χ1n) is 22.3. The first-order valence-corrected chi connectivity index (χ1v) is 22.3. The van der Waals surface area contributed by atoms with Crippen molar-refractivity contribution in [1.82, 2.24) is 13.7 Å². The lowest BCUT2D eigenvalue weighted by atomic mass is 9.91. The van der Waals surface area contributed by atoms with E-state index in [9.17, 15) is 0 Å². The summed E-state index contributed by atoms with van der Waals surface area (Å²) in [5.74, 6) is 0.261. The standard InChI is InChI=1S/C60H40N4/c1-9-25-53-43(15-1)44-16-2-10-26-54(44)63(53)57-29-13-21-49-47-19-5-7-23-51(47)61(59(49)57)41-35-31-39(32-36-41)40-33-37-42(38-34-40)62-52-24-8-6-20-48(52)50-22-14-30-58(60(50)62)64-55-27-11-3-17-45(55)46-18-4-12-28-56(46)64/h1-38,47,51H. The monoisotopic (exact) mass is 816 g/mol. The van der Waals surface area contributed by atoms with Crippen molar-refractivity contribution in [3.05, 3.63) is 236 Å². The van der Waals surface area contributed by atoms with Gasteiger partial charge in [0, 0.05) is 49.6 Å². The summed E-state index contributed by atoms with van der Waals surface area (Å²) in [5, 5.41) is 7.55. The highest BCUT2D eigenvalue weighted by Crippen LogP contribution is 2.52. The van der Waals surface area contributed by atoms with E-state index in [4.69, 9.17) is 0 Å². The zero-order chi connectivity index (χ0) is 41.9. The van der Waals surface area contributed by atoms with Crippen molar-refractivity contribution < 1.29 is 0 Å². The van der Waals surface area contributed by atoms with E-state index in [-0.39, 0.29) is 12.0 Å². The fourth-order valence-electron chi connectivity index (χ4n) is 11.3. The molecule has 0 saturated carbocycles. The molecular weight excluding hydrogens is 777 g/mol. The molecule has 64 heavy (non-hydrogen) atoms. The van der Waals surface area contributed by atoms with Gasteiger partial charge < -0.3 is 18.6 Å². The zero-order valence-electron chi connectivity index (χ0n) is 34.9. The first-order chi connectivity index (χ1) is 31.8. The highest BCUT2D eigenvalue weighted by atomic mass is 15.2. The van der Waals surface area contributed by atoms with Crippen LogP contribution < -0.4 is 4.90 Å². The molecule has 0 radical (unpaired) electrons. The van der Waals surface area contributed by atoms with Gasteiger partial charge >= 0.3 is 0 Å². The normalized spacial score (nSPS) is 15.7. The summed E-state index contributed by atoms with van der Waals surface area (Å²) in [5.41, 5.74) is 16.9. The van der Waals surface area contributed by atoms with Crippen LogP contribution in [0, 0.1) is 0 Å². The Morgan fingerprint density at radius 1 is 0.312 bits per heavy atom. The number of aromatic nitrogens is 3. The lowest BCUT2D eigenvalue weighted by Crippen LogP contribution is -2.29. The van der Waals surface area contributed by atoms with Gasteiger partial charge in [-0.05, 0) is 83.4 Å². The molecule has 0 N–H and O–H groups in total. The maximum Gasteiger partial charge on any atom is 0.0782 e. The fourth-order valence-corrected chi connectivity index (χ4v) is 11.3. The highest BCUT2D eigenvalue weighted by Gasteiger charge is 2.39. The van der Waals surface area contributed by atoms with Gasteiger partial charge in [-0.3, -0.25) is 0 Å². The summed E-state index contributed by atoms with van der Waals surface area (Å²) in [6, 6.07) is 76.1. The molecule has 2 atom stereocenters. The molecule has 0 spiro atoms. The van der Waals surface area contributed by atoms with Gasteiger partial charge in [-0.15, -0.1) is 0 Å². The van der Waals surface area contributed by atoms with Crippen LogP contribution in [0.5, 0.6) is 0 Å². The molecule has 12 aromatic rings. The summed E-state index contributed by atoms with van der Waals surface area (Å²) in [7, 11) is 0. The second kappa shape index (κ2) is 13.6. The number of hydrogen-bond acceptors (Lipinski definition) is 1. The Morgan fingerprint density at radius 2 is 0.734 bits per heavy atom. The van der Waals surface area contributed by atoms with Gasteiger partial charge in [-0.25, -0.2) is 0 Å². The number of anilines is 2. The number of fused-ring (bicyclic) bond motifs is 12. The second-order valence-corrected chi connectivity index (χ2v) is 17.2. The van der Waals surface area contributed by atoms with Gasteiger partial charge in [-0.2, -0.15) is 0 Å². The molecule has 0 fully saturated rings. The van der Waals surface area contributed by atoms with E-state index in [1.807, 2.05) is 0 Å². The van der Waals surface area contributed by atoms with E-state index in [0.29, 0.717) is 0 Å². The molecule has 300 valence electrons. The van der Waals surface area contributed by atoms with E-state index in [1.165, 1.54) is 105 Å². The zero-order valence-corrected chi connectivity index (χ0v) is 34.9. The fraction of sp³-hybridized carbons (Fsp3) is 0.0333. The first kappa shape index (κ1) is 35.3. The predicted molar refractivity (Wildman–Crippen MR) is 268 cm³/mol. The van der Waals surface area contributed by atoms with E-state index < -0.39 is 0 Å². The lowest BCUT2D eigenvalue weighted by Gasteiger charge is -2.30. The van der Waals surface area contributed by atoms with Gasteiger partial charge in [0.15, 0.2) is 0 Å². The molecule has 4 heteroatoms. The molecule has 14 rings (SSSR count). The van der Waals surface area contributed by atoms with Crippen molar-refractivity contribution in [2.75, 3.05) is 4.90 Å². The van der Waals surface area contributed by atoms with Crippen molar-refractivity contribution in [3.8, 4) is 28.2 Å². The van der Waals surface area contributed by atoms with Gasteiger partial charge in [0.1, 0.15) is 0 Å². The van der Waals surface area contributed by atoms with Gasteiger partial charge in [0.05, 0.1) is 56.2 Å². The van der Waals surface area contributed by atoms with E-state index >= 15 is 0 Å². The van der Waals surface area contributed by atoms with E-state index in [0.717, 1.165) is 5.69 Å². The van der Waals surface area contributed by atoms with E-state index in [1.54, 1.807) is 0 Å². The Balaban J connectivity index is 0.879. The van der Waals surface area contributed by atoms with Crippen molar-refractivity contribution in [2.24, 2.45) is 0 Å². The smallest absolute Gasteiger partial charge is 0.0782 e. The maximum atomic E-state index is 2.57.